The van der Waals surface area contributed by atoms with Crippen LogP contribution in [0.15, 0.2) is 0 Å². The fraction of sp³-hybridized carbons (Fsp3) is 0.917. The molecule has 3 heteroatoms. The van der Waals surface area contributed by atoms with Crippen LogP contribution in [-0.2, 0) is 4.74 Å². The Hall–Kier alpha value is -0.590. The van der Waals surface area contributed by atoms with E-state index < -0.39 is 11.0 Å². The molecule has 1 fully saturated rings. The van der Waals surface area contributed by atoms with E-state index in [4.69, 9.17) is 4.74 Å². The highest BCUT2D eigenvalue weighted by atomic mass is 16.5. The first-order valence-corrected chi connectivity index (χ1v) is 5.74. The molecule has 0 aromatic carbocycles. The van der Waals surface area contributed by atoms with Crippen molar-refractivity contribution in [3.63, 3.8) is 0 Å². The van der Waals surface area contributed by atoms with Crippen molar-refractivity contribution in [2.45, 2.75) is 45.6 Å². The van der Waals surface area contributed by atoms with Crippen molar-refractivity contribution in [3.8, 4) is 6.07 Å². The van der Waals surface area contributed by atoms with E-state index in [9.17, 15) is 10.4 Å². The fourth-order valence-electron chi connectivity index (χ4n) is 2.62. The molecule has 1 saturated heterocycles. The van der Waals surface area contributed by atoms with Crippen molar-refractivity contribution in [1.29, 1.82) is 5.26 Å². The van der Waals surface area contributed by atoms with Crippen LogP contribution in [0.4, 0.5) is 0 Å². The number of ether oxygens (including phenoxy) is 1. The monoisotopic (exact) mass is 211 g/mol. The molecule has 1 N–H and O–H groups in total. The lowest BCUT2D eigenvalue weighted by Gasteiger charge is -2.46. The molecule has 0 spiro atoms. The summed E-state index contributed by atoms with van der Waals surface area (Å²) in [5.41, 5.74) is -1.64. The van der Waals surface area contributed by atoms with Crippen molar-refractivity contribution in [2.24, 2.45) is 11.3 Å². The summed E-state index contributed by atoms with van der Waals surface area (Å²) in [5.74, 6) is 0.0730. The van der Waals surface area contributed by atoms with Gasteiger partial charge in [0.05, 0.1) is 18.3 Å². The van der Waals surface area contributed by atoms with Crippen molar-refractivity contribution in [2.75, 3.05) is 13.2 Å². The molecular weight excluding hydrogens is 190 g/mol. The van der Waals surface area contributed by atoms with Crippen LogP contribution in [0.5, 0.6) is 0 Å². The first kappa shape index (κ1) is 12.5. The van der Waals surface area contributed by atoms with Crippen molar-refractivity contribution in [1.82, 2.24) is 0 Å². The SMILES string of the molecule is CCC(O)(C(C)C)C1(C#N)CCCOC1. The zero-order valence-electron chi connectivity index (χ0n) is 9.92. The maximum Gasteiger partial charge on any atom is 0.109 e. The zero-order chi connectivity index (χ0) is 11.5. The van der Waals surface area contributed by atoms with Crippen LogP contribution in [0.3, 0.4) is 0 Å². The second-order valence-corrected chi connectivity index (χ2v) is 4.78. The van der Waals surface area contributed by atoms with E-state index in [0.717, 1.165) is 12.8 Å². The minimum atomic E-state index is -0.928. The predicted octanol–water partition coefficient (Wildman–Crippen LogP) is 2.10. The maximum absolute atomic E-state index is 10.7. The molecule has 0 radical (unpaired) electrons. The molecular formula is C12H21NO2. The molecule has 2 atom stereocenters. The van der Waals surface area contributed by atoms with Gasteiger partial charge in [-0.2, -0.15) is 5.26 Å². The molecule has 0 saturated carbocycles. The summed E-state index contributed by atoms with van der Waals surface area (Å²) in [6.07, 6.45) is 2.20. The minimum Gasteiger partial charge on any atom is -0.388 e. The quantitative estimate of drug-likeness (QED) is 0.777. The van der Waals surface area contributed by atoms with E-state index in [0.29, 0.717) is 19.6 Å². The molecule has 0 aromatic heterocycles. The molecule has 1 aliphatic heterocycles. The summed E-state index contributed by atoms with van der Waals surface area (Å²) >= 11 is 0. The summed E-state index contributed by atoms with van der Waals surface area (Å²) in [6.45, 7) is 6.95. The third-order valence-electron chi connectivity index (χ3n) is 3.78. The Kier molecular flexibility index (Phi) is 3.75. The molecule has 1 rings (SSSR count). The minimum absolute atomic E-state index is 0.0730. The van der Waals surface area contributed by atoms with E-state index in [-0.39, 0.29) is 5.92 Å². The van der Waals surface area contributed by atoms with E-state index >= 15 is 0 Å². The highest BCUT2D eigenvalue weighted by Gasteiger charge is 2.52. The number of aliphatic hydroxyl groups is 1. The number of rotatable bonds is 3. The van der Waals surface area contributed by atoms with Gasteiger partial charge in [0, 0.05) is 6.61 Å². The summed E-state index contributed by atoms with van der Waals surface area (Å²) in [5, 5.41) is 20.0. The maximum atomic E-state index is 10.7. The van der Waals surface area contributed by atoms with Gasteiger partial charge in [-0.15, -0.1) is 0 Å². The molecule has 1 aliphatic rings. The zero-order valence-corrected chi connectivity index (χ0v) is 9.92. The predicted molar refractivity (Wildman–Crippen MR) is 58.2 cm³/mol. The van der Waals surface area contributed by atoms with Gasteiger partial charge in [-0.3, -0.25) is 0 Å². The van der Waals surface area contributed by atoms with Gasteiger partial charge in [0.15, 0.2) is 0 Å². The van der Waals surface area contributed by atoms with Gasteiger partial charge < -0.3 is 9.84 Å². The molecule has 0 bridgehead atoms. The standard InChI is InChI=1S/C12H21NO2/c1-4-12(14,10(2)3)11(8-13)6-5-7-15-9-11/h10,14H,4-7,9H2,1-3H3. The van der Waals surface area contributed by atoms with Crippen molar-refractivity contribution < 1.29 is 9.84 Å². The lowest BCUT2D eigenvalue weighted by molar-refractivity contribution is -0.144. The van der Waals surface area contributed by atoms with E-state index in [1.165, 1.54) is 0 Å². The molecule has 3 nitrogen and oxygen atoms in total. The van der Waals surface area contributed by atoms with Crippen LogP contribution in [-0.4, -0.2) is 23.9 Å². The Balaban J connectivity index is 3.02. The van der Waals surface area contributed by atoms with Crippen LogP contribution >= 0.6 is 0 Å². The highest BCUT2D eigenvalue weighted by Crippen LogP contribution is 2.44. The fourth-order valence-corrected chi connectivity index (χ4v) is 2.62. The molecule has 15 heavy (non-hydrogen) atoms. The van der Waals surface area contributed by atoms with Crippen LogP contribution in [0.1, 0.15) is 40.0 Å². The third-order valence-corrected chi connectivity index (χ3v) is 3.78. The lowest BCUT2D eigenvalue weighted by Crippen LogP contribution is -2.55. The smallest absolute Gasteiger partial charge is 0.109 e. The highest BCUT2D eigenvalue weighted by molar-refractivity contribution is 5.13. The summed E-state index contributed by atoms with van der Waals surface area (Å²) in [7, 11) is 0. The van der Waals surface area contributed by atoms with Gasteiger partial charge in [-0.05, 0) is 25.2 Å². The number of hydrogen-bond donors (Lipinski definition) is 1. The molecule has 1 heterocycles. The van der Waals surface area contributed by atoms with Gasteiger partial charge in [0.25, 0.3) is 0 Å². The van der Waals surface area contributed by atoms with Crippen LogP contribution in [0, 0.1) is 22.7 Å². The van der Waals surface area contributed by atoms with Crippen LogP contribution in [0.2, 0.25) is 0 Å². The van der Waals surface area contributed by atoms with Crippen LogP contribution in [0.25, 0.3) is 0 Å². The third kappa shape index (κ3) is 1.89. The topological polar surface area (TPSA) is 53.2 Å². The average molecular weight is 211 g/mol. The van der Waals surface area contributed by atoms with E-state index in [1.54, 1.807) is 0 Å². The number of nitriles is 1. The first-order valence-electron chi connectivity index (χ1n) is 5.74. The van der Waals surface area contributed by atoms with Gasteiger partial charge >= 0.3 is 0 Å². The van der Waals surface area contributed by atoms with Crippen molar-refractivity contribution in [3.05, 3.63) is 0 Å². The van der Waals surface area contributed by atoms with Crippen molar-refractivity contribution >= 4 is 0 Å². The number of hydrogen-bond acceptors (Lipinski definition) is 3. The molecule has 86 valence electrons. The second kappa shape index (κ2) is 4.51. The Morgan fingerprint density at radius 2 is 2.27 bits per heavy atom. The average Bonchev–Trinajstić information content (AvgIpc) is 2.28. The Labute approximate surface area is 92.0 Å². The molecule has 0 aromatic rings. The molecule has 0 aliphatic carbocycles. The Morgan fingerprint density at radius 1 is 1.60 bits per heavy atom. The largest absolute Gasteiger partial charge is 0.388 e. The summed E-state index contributed by atoms with van der Waals surface area (Å²) in [6, 6.07) is 2.32. The van der Waals surface area contributed by atoms with Gasteiger partial charge in [0.2, 0.25) is 0 Å². The van der Waals surface area contributed by atoms with E-state index in [1.807, 2.05) is 20.8 Å². The second-order valence-electron chi connectivity index (χ2n) is 4.78. The Bertz CT molecular complexity index is 251. The van der Waals surface area contributed by atoms with Gasteiger partial charge in [-0.25, -0.2) is 0 Å². The van der Waals surface area contributed by atoms with E-state index in [2.05, 4.69) is 6.07 Å². The molecule has 2 unspecified atom stereocenters. The van der Waals surface area contributed by atoms with Gasteiger partial charge in [0.1, 0.15) is 5.41 Å². The number of nitrogens with zero attached hydrogens (tertiary/aromatic N) is 1. The molecule has 0 amide bonds. The van der Waals surface area contributed by atoms with Crippen LogP contribution < -0.4 is 0 Å². The Morgan fingerprint density at radius 3 is 2.60 bits per heavy atom. The normalized spacial score (nSPS) is 30.9. The summed E-state index contributed by atoms with van der Waals surface area (Å²) in [4.78, 5) is 0. The summed E-state index contributed by atoms with van der Waals surface area (Å²) < 4.78 is 5.39. The van der Waals surface area contributed by atoms with Gasteiger partial charge in [-0.1, -0.05) is 20.8 Å². The first-order chi connectivity index (χ1) is 7.02. The lowest BCUT2D eigenvalue weighted by atomic mass is 9.63.